The second kappa shape index (κ2) is 4.79. The smallest absolute Gasteiger partial charge is 0.253 e. The Hall–Kier alpha value is -2.53. The summed E-state index contributed by atoms with van der Waals surface area (Å²) >= 11 is 5.97. The van der Waals surface area contributed by atoms with E-state index >= 15 is 0 Å². The number of hydrogen-bond acceptors (Lipinski definition) is 3. The summed E-state index contributed by atoms with van der Waals surface area (Å²) in [5, 5.41) is 7.13. The molecule has 5 nitrogen and oxygen atoms in total. The molecular formula is C15H12ClN5. The third kappa shape index (κ3) is 2.21. The molecule has 0 saturated carbocycles. The highest BCUT2D eigenvalue weighted by Crippen LogP contribution is 2.20. The minimum absolute atomic E-state index is 0.628. The largest absolute Gasteiger partial charge is 0.351 e. The van der Waals surface area contributed by atoms with Gasteiger partial charge in [0.2, 0.25) is 5.95 Å². The first-order valence-corrected chi connectivity index (χ1v) is 6.99. The summed E-state index contributed by atoms with van der Waals surface area (Å²) in [5.74, 6) is 1.32. The van der Waals surface area contributed by atoms with Crippen molar-refractivity contribution >= 4 is 34.4 Å². The molecule has 0 aliphatic heterocycles. The third-order valence-electron chi connectivity index (χ3n) is 3.33. The van der Waals surface area contributed by atoms with Crippen molar-refractivity contribution < 1.29 is 0 Å². The van der Waals surface area contributed by atoms with E-state index in [9.17, 15) is 0 Å². The van der Waals surface area contributed by atoms with Gasteiger partial charge in [0.25, 0.3) is 5.78 Å². The van der Waals surface area contributed by atoms with Crippen molar-refractivity contribution in [2.45, 2.75) is 6.54 Å². The van der Waals surface area contributed by atoms with Gasteiger partial charge in [-0.1, -0.05) is 41.9 Å². The minimum atomic E-state index is 0.628. The zero-order valence-electron chi connectivity index (χ0n) is 11.0. The summed E-state index contributed by atoms with van der Waals surface area (Å²) < 4.78 is 1.85. The molecule has 0 spiro atoms. The van der Waals surface area contributed by atoms with Crippen LogP contribution in [0.5, 0.6) is 0 Å². The van der Waals surface area contributed by atoms with Crippen LogP contribution in [0.3, 0.4) is 0 Å². The zero-order valence-corrected chi connectivity index (χ0v) is 11.8. The number of H-pyrrole nitrogens is 1. The van der Waals surface area contributed by atoms with Crippen LogP contribution in [0.15, 0.2) is 48.5 Å². The third-order valence-corrected chi connectivity index (χ3v) is 3.57. The summed E-state index contributed by atoms with van der Waals surface area (Å²) in [6, 6.07) is 15.8. The molecule has 0 unspecified atom stereocenters. The van der Waals surface area contributed by atoms with Gasteiger partial charge in [-0.25, -0.2) is 9.50 Å². The van der Waals surface area contributed by atoms with Gasteiger partial charge in [-0.2, -0.15) is 4.98 Å². The van der Waals surface area contributed by atoms with Crippen LogP contribution in [0, 0.1) is 0 Å². The van der Waals surface area contributed by atoms with E-state index in [-0.39, 0.29) is 0 Å². The molecule has 0 saturated heterocycles. The Kier molecular flexibility index (Phi) is 2.79. The van der Waals surface area contributed by atoms with E-state index in [1.54, 1.807) is 0 Å². The first-order chi connectivity index (χ1) is 10.3. The molecule has 2 aromatic carbocycles. The number of benzene rings is 2. The quantitative estimate of drug-likeness (QED) is 0.609. The summed E-state index contributed by atoms with van der Waals surface area (Å²) in [7, 11) is 0. The number of fused-ring (bicyclic) bond motifs is 3. The fourth-order valence-electron chi connectivity index (χ4n) is 2.32. The molecule has 4 aromatic rings. The molecular weight excluding hydrogens is 286 g/mol. The van der Waals surface area contributed by atoms with Gasteiger partial charge in [0.05, 0.1) is 11.0 Å². The number of anilines is 1. The van der Waals surface area contributed by atoms with Crippen LogP contribution < -0.4 is 5.32 Å². The molecule has 0 bridgehead atoms. The van der Waals surface area contributed by atoms with Crippen molar-refractivity contribution in [1.29, 1.82) is 0 Å². The van der Waals surface area contributed by atoms with Gasteiger partial charge in [-0.3, -0.25) is 5.10 Å². The SMILES string of the molecule is Clc1ccc2c(c1)nc1nc(NCc3ccccc3)[nH]n12. The Balaban J connectivity index is 1.65. The maximum atomic E-state index is 5.97. The molecule has 2 N–H and O–H groups in total. The highest BCUT2D eigenvalue weighted by atomic mass is 35.5. The van der Waals surface area contributed by atoms with Crippen LogP contribution in [-0.4, -0.2) is 19.6 Å². The van der Waals surface area contributed by atoms with E-state index in [0.717, 1.165) is 11.0 Å². The highest BCUT2D eigenvalue weighted by molar-refractivity contribution is 6.31. The van der Waals surface area contributed by atoms with Crippen molar-refractivity contribution in [2.24, 2.45) is 0 Å². The predicted molar refractivity (Wildman–Crippen MR) is 83.6 cm³/mol. The van der Waals surface area contributed by atoms with Crippen molar-refractivity contribution in [1.82, 2.24) is 19.6 Å². The Morgan fingerprint density at radius 3 is 2.81 bits per heavy atom. The van der Waals surface area contributed by atoms with Crippen LogP contribution >= 0.6 is 11.6 Å². The number of aromatic amines is 1. The maximum absolute atomic E-state index is 5.97. The highest BCUT2D eigenvalue weighted by Gasteiger charge is 2.09. The fourth-order valence-corrected chi connectivity index (χ4v) is 2.48. The lowest BCUT2D eigenvalue weighted by molar-refractivity contribution is 0.987. The normalized spacial score (nSPS) is 11.3. The van der Waals surface area contributed by atoms with Crippen molar-refractivity contribution in [3.63, 3.8) is 0 Å². The molecule has 0 fully saturated rings. The van der Waals surface area contributed by atoms with E-state index in [0.29, 0.717) is 23.3 Å². The van der Waals surface area contributed by atoms with Gasteiger partial charge in [-0.05, 0) is 23.8 Å². The average Bonchev–Trinajstić information content (AvgIpc) is 3.02. The van der Waals surface area contributed by atoms with Crippen molar-refractivity contribution in [3.05, 3.63) is 59.1 Å². The first-order valence-electron chi connectivity index (χ1n) is 6.61. The number of nitrogens with one attached hydrogen (secondary N) is 2. The van der Waals surface area contributed by atoms with Gasteiger partial charge in [-0.15, -0.1) is 0 Å². The number of aromatic nitrogens is 4. The fraction of sp³-hybridized carbons (Fsp3) is 0.0667. The number of rotatable bonds is 3. The number of nitrogens with zero attached hydrogens (tertiary/aromatic N) is 3. The van der Waals surface area contributed by atoms with E-state index in [1.165, 1.54) is 5.56 Å². The van der Waals surface area contributed by atoms with E-state index in [4.69, 9.17) is 11.6 Å². The molecule has 0 amide bonds. The first kappa shape index (κ1) is 12.2. The molecule has 2 aromatic heterocycles. The summed E-state index contributed by atoms with van der Waals surface area (Å²) in [6.45, 7) is 0.710. The Labute approximate surface area is 125 Å². The maximum Gasteiger partial charge on any atom is 0.253 e. The lowest BCUT2D eigenvalue weighted by Gasteiger charge is -2.01. The van der Waals surface area contributed by atoms with Gasteiger partial charge >= 0.3 is 0 Å². The molecule has 6 heteroatoms. The van der Waals surface area contributed by atoms with Gasteiger partial charge in [0, 0.05) is 11.6 Å². The van der Waals surface area contributed by atoms with E-state index in [2.05, 4.69) is 32.5 Å². The van der Waals surface area contributed by atoms with Crippen molar-refractivity contribution in [2.75, 3.05) is 5.32 Å². The Morgan fingerprint density at radius 2 is 1.95 bits per heavy atom. The molecule has 0 aliphatic rings. The number of halogens is 1. The number of hydrogen-bond donors (Lipinski definition) is 2. The lowest BCUT2D eigenvalue weighted by Crippen LogP contribution is -2.01. The topological polar surface area (TPSA) is 58.0 Å². The van der Waals surface area contributed by atoms with Crippen LogP contribution in [-0.2, 0) is 6.54 Å². The molecule has 0 atom stereocenters. The molecule has 0 radical (unpaired) electrons. The monoisotopic (exact) mass is 297 g/mol. The molecule has 104 valence electrons. The molecule has 4 rings (SSSR count). The second-order valence-corrected chi connectivity index (χ2v) is 5.23. The van der Waals surface area contributed by atoms with Crippen LogP contribution in [0.1, 0.15) is 5.56 Å². The van der Waals surface area contributed by atoms with Crippen LogP contribution in [0.25, 0.3) is 16.8 Å². The Morgan fingerprint density at radius 1 is 1.10 bits per heavy atom. The molecule has 21 heavy (non-hydrogen) atoms. The van der Waals surface area contributed by atoms with Crippen molar-refractivity contribution in [3.8, 4) is 0 Å². The lowest BCUT2D eigenvalue weighted by atomic mass is 10.2. The average molecular weight is 298 g/mol. The van der Waals surface area contributed by atoms with Crippen LogP contribution in [0.4, 0.5) is 5.95 Å². The summed E-state index contributed by atoms with van der Waals surface area (Å²) in [6.07, 6.45) is 0. The second-order valence-electron chi connectivity index (χ2n) is 4.79. The zero-order chi connectivity index (χ0) is 14.2. The van der Waals surface area contributed by atoms with Crippen LogP contribution in [0.2, 0.25) is 5.02 Å². The van der Waals surface area contributed by atoms with Gasteiger partial charge < -0.3 is 5.32 Å². The predicted octanol–water partition coefficient (Wildman–Crippen LogP) is 3.48. The molecule has 2 heterocycles. The van der Waals surface area contributed by atoms with E-state index in [1.807, 2.05) is 40.9 Å². The van der Waals surface area contributed by atoms with E-state index < -0.39 is 0 Å². The number of imidazole rings is 1. The summed E-state index contributed by atoms with van der Waals surface area (Å²) in [5.41, 5.74) is 2.98. The standard InChI is InChI=1S/C15H12ClN5/c16-11-6-7-13-12(8-11)18-15-19-14(20-21(13)15)17-9-10-4-2-1-3-5-10/h1-8H,9H2,(H2,17,18,19,20). The Bertz CT molecular complexity index is 910. The minimum Gasteiger partial charge on any atom is -0.351 e. The molecule has 0 aliphatic carbocycles. The van der Waals surface area contributed by atoms with Gasteiger partial charge in [0.15, 0.2) is 0 Å². The van der Waals surface area contributed by atoms with Gasteiger partial charge in [0.1, 0.15) is 0 Å². The summed E-state index contributed by atoms with van der Waals surface area (Å²) in [4.78, 5) is 8.88.